The van der Waals surface area contributed by atoms with Gasteiger partial charge in [-0.05, 0) is 32.3 Å². The second-order valence-electron chi connectivity index (χ2n) is 6.49. The van der Waals surface area contributed by atoms with Gasteiger partial charge in [-0.1, -0.05) is 49.1 Å². The molecule has 0 aromatic heterocycles. The standard InChI is InChI=1S/C18H27NO3S/c1-3-19(17-10-5-4-6-11-17)18(20)14-23(21,22)13-16-9-7-8-15(2)12-16/h7-9,12,17H,3-6,10-11,13-14H2,1-2H3. The van der Waals surface area contributed by atoms with Gasteiger partial charge in [-0.15, -0.1) is 0 Å². The third-order valence-corrected chi connectivity index (χ3v) is 5.95. The van der Waals surface area contributed by atoms with Crippen LogP contribution in [0.25, 0.3) is 0 Å². The van der Waals surface area contributed by atoms with E-state index in [2.05, 4.69) is 0 Å². The normalized spacial score (nSPS) is 16.3. The Labute approximate surface area is 139 Å². The average Bonchev–Trinajstić information content (AvgIpc) is 2.48. The molecule has 0 atom stereocenters. The number of rotatable bonds is 6. The fourth-order valence-electron chi connectivity index (χ4n) is 3.41. The van der Waals surface area contributed by atoms with Crippen LogP contribution in [0.1, 0.15) is 50.2 Å². The Kier molecular flexibility index (Phi) is 6.22. The van der Waals surface area contributed by atoms with E-state index >= 15 is 0 Å². The molecule has 1 aliphatic carbocycles. The summed E-state index contributed by atoms with van der Waals surface area (Å²) in [7, 11) is -3.44. The van der Waals surface area contributed by atoms with Crippen molar-refractivity contribution >= 4 is 15.7 Å². The molecule has 1 saturated carbocycles. The number of sulfone groups is 1. The number of amides is 1. The molecule has 1 aliphatic rings. The van der Waals surface area contributed by atoms with E-state index in [4.69, 9.17) is 0 Å². The van der Waals surface area contributed by atoms with Gasteiger partial charge in [0.15, 0.2) is 9.84 Å². The maximum Gasteiger partial charge on any atom is 0.238 e. The van der Waals surface area contributed by atoms with Gasteiger partial charge in [-0.2, -0.15) is 0 Å². The summed E-state index contributed by atoms with van der Waals surface area (Å²) < 4.78 is 24.8. The van der Waals surface area contributed by atoms with Gasteiger partial charge in [0, 0.05) is 12.6 Å². The molecule has 5 heteroatoms. The Hall–Kier alpha value is -1.36. The molecule has 0 aliphatic heterocycles. The second kappa shape index (κ2) is 7.95. The fraction of sp³-hybridized carbons (Fsp3) is 0.611. The van der Waals surface area contributed by atoms with Crippen molar-refractivity contribution in [2.45, 2.75) is 57.7 Å². The minimum atomic E-state index is -3.44. The number of nitrogens with zero attached hydrogens (tertiary/aromatic N) is 1. The van der Waals surface area contributed by atoms with E-state index in [1.54, 1.807) is 11.0 Å². The largest absolute Gasteiger partial charge is 0.339 e. The maximum atomic E-state index is 12.5. The monoisotopic (exact) mass is 337 g/mol. The van der Waals surface area contributed by atoms with E-state index < -0.39 is 9.84 Å². The molecule has 4 nitrogen and oxygen atoms in total. The summed E-state index contributed by atoms with van der Waals surface area (Å²) in [6, 6.07) is 7.66. The van der Waals surface area contributed by atoms with Crippen molar-refractivity contribution in [3.63, 3.8) is 0 Å². The lowest BCUT2D eigenvalue weighted by Crippen LogP contribution is -2.44. The van der Waals surface area contributed by atoms with E-state index in [0.29, 0.717) is 6.54 Å². The molecule has 1 fully saturated rings. The maximum absolute atomic E-state index is 12.5. The summed E-state index contributed by atoms with van der Waals surface area (Å²) in [6.45, 7) is 4.45. The van der Waals surface area contributed by atoms with Gasteiger partial charge in [0.1, 0.15) is 5.75 Å². The van der Waals surface area contributed by atoms with Crippen molar-refractivity contribution < 1.29 is 13.2 Å². The number of carbonyl (C=O) groups is 1. The van der Waals surface area contributed by atoms with Gasteiger partial charge in [0.05, 0.1) is 5.75 Å². The number of hydrogen-bond acceptors (Lipinski definition) is 3. The van der Waals surface area contributed by atoms with E-state index in [-0.39, 0.29) is 23.5 Å². The van der Waals surface area contributed by atoms with Crippen LogP contribution in [0, 0.1) is 6.92 Å². The van der Waals surface area contributed by atoms with E-state index in [9.17, 15) is 13.2 Å². The van der Waals surface area contributed by atoms with Crippen LogP contribution in [-0.4, -0.2) is 37.6 Å². The zero-order valence-corrected chi connectivity index (χ0v) is 14.9. The van der Waals surface area contributed by atoms with Crippen molar-refractivity contribution in [1.82, 2.24) is 4.90 Å². The predicted molar refractivity (Wildman–Crippen MR) is 92.9 cm³/mol. The SMILES string of the molecule is CCN(C(=O)CS(=O)(=O)Cc1cccc(C)c1)C1CCCCC1. The number of aryl methyl sites for hydroxylation is 1. The highest BCUT2D eigenvalue weighted by Crippen LogP contribution is 2.23. The molecular formula is C18H27NO3S. The molecule has 0 N–H and O–H groups in total. The van der Waals surface area contributed by atoms with Gasteiger partial charge in [0.25, 0.3) is 0 Å². The Bertz CT molecular complexity index is 633. The third kappa shape index (κ3) is 5.34. The molecule has 128 valence electrons. The molecule has 0 unspecified atom stereocenters. The Balaban J connectivity index is 2.01. The minimum absolute atomic E-state index is 0.0668. The molecule has 0 bridgehead atoms. The number of benzene rings is 1. The first-order valence-electron chi connectivity index (χ1n) is 8.46. The Morgan fingerprint density at radius 3 is 2.52 bits per heavy atom. The topological polar surface area (TPSA) is 54.5 Å². The predicted octanol–water partition coefficient (Wildman–Crippen LogP) is 3.09. The summed E-state index contributed by atoms with van der Waals surface area (Å²) in [6.07, 6.45) is 5.47. The van der Waals surface area contributed by atoms with Gasteiger partial charge in [-0.25, -0.2) is 8.42 Å². The lowest BCUT2D eigenvalue weighted by Gasteiger charge is -2.33. The van der Waals surface area contributed by atoms with Gasteiger partial charge >= 0.3 is 0 Å². The summed E-state index contributed by atoms with van der Waals surface area (Å²) in [4.78, 5) is 14.3. The van der Waals surface area contributed by atoms with Crippen LogP contribution < -0.4 is 0 Å². The molecule has 1 aromatic carbocycles. The zero-order chi connectivity index (χ0) is 16.9. The fourth-order valence-corrected chi connectivity index (χ4v) is 4.74. The number of carbonyl (C=O) groups excluding carboxylic acids is 1. The Morgan fingerprint density at radius 1 is 1.22 bits per heavy atom. The molecular weight excluding hydrogens is 310 g/mol. The number of hydrogen-bond donors (Lipinski definition) is 0. The zero-order valence-electron chi connectivity index (χ0n) is 14.1. The molecule has 0 radical (unpaired) electrons. The first kappa shape index (κ1) is 18.0. The highest BCUT2D eigenvalue weighted by Gasteiger charge is 2.27. The molecule has 0 saturated heterocycles. The molecule has 0 heterocycles. The van der Waals surface area contributed by atoms with Crippen LogP contribution in [0.4, 0.5) is 0 Å². The van der Waals surface area contributed by atoms with E-state index in [0.717, 1.165) is 36.8 Å². The van der Waals surface area contributed by atoms with Crippen molar-refractivity contribution in [1.29, 1.82) is 0 Å². The summed E-state index contributed by atoms with van der Waals surface area (Å²) in [5.41, 5.74) is 1.78. The first-order valence-corrected chi connectivity index (χ1v) is 10.3. The molecule has 0 spiro atoms. The van der Waals surface area contributed by atoms with Crippen LogP contribution in [0.5, 0.6) is 0 Å². The van der Waals surface area contributed by atoms with Crippen molar-refractivity contribution in [2.24, 2.45) is 0 Å². The van der Waals surface area contributed by atoms with Crippen LogP contribution in [0.15, 0.2) is 24.3 Å². The second-order valence-corrected chi connectivity index (χ2v) is 8.56. The first-order chi connectivity index (χ1) is 10.9. The Morgan fingerprint density at radius 2 is 1.91 bits per heavy atom. The molecule has 23 heavy (non-hydrogen) atoms. The van der Waals surface area contributed by atoms with E-state index in [1.807, 2.05) is 32.0 Å². The smallest absolute Gasteiger partial charge is 0.238 e. The third-order valence-electron chi connectivity index (χ3n) is 4.49. The summed E-state index contributed by atoms with van der Waals surface area (Å²) >= 11 is 0. The quantitative estimate of drug-likeness (QED) is 0.801. The van der Waals surface area contributed by atoms with Crippen LogP contribution in [0.3, 0.4) is 0 Å². The lowest BCUT2D eigenvalue weighted by atomic mass is 9.94. The van der Waals surface area contributed by atoms with Crippen molar-refractivity contribution in [3.8, 4) is 0 Å². The van der Waals surface area contributed by atoms with Gasteiger partial charge in [-0.3, -0.25) is 4.79 Å². The molecule has 2 rings (SSSR count). The summed E-state index contributed by atoms with van der Waals surface area (Å²) in [5.74, 6) is -0.694. The highest BCUT2D eigenvalue weighted by atomic mass is 32.2. The van der Waals surface area contributed by atoms with E-state index in [1.165, 1.54) is 6.42 Å². The van der Waals surface area contributed by atoms with Crippen molar-refractivity contribution in [3.05, 3.63) is 35.4 Å². The average molecular weight is 337 g/mol. The minimum Gasteiger partial charge on any atom is -0.339 e. The molecule has 1 amide bonds. The summed E-state index contributed by atoms with van der Waals surface area (Å²) in [5, 5.41) is 0. The molecule has 1 aromatic rings. The van der Waals surface area contributed by atoms with Crippen LogP contribution >= 0.6 is 0 Å². The van der Waals surface area contributed by atoms with Crippen LogP contribution in [-0.2, 0) is 20.4 Å². The van der Waals surface area contributed by atoms with Crippen LogP contribution in [0.2, 0.25) is 0 Å². The van der Waals surface area contributed by atoms with Gasteiger partial charge in [0.2, 0.25) is 5.91 Å². The highest BCUT2D eigenvalue weighted by molar-refractivity contribution is 7.91. The lowest BCUT2D eigenvalue weighted by molar-refractivity contribution is -0.131. The van der Waals surface area contributed by atoms with Crippen molar-refractivity contribution in [2.75, 3.05) is 12.3 Å². The van der Waals surface area contributed by atoms with Gasteiger partial charge < -0.3 is 4.90 Å².